The number of aryl methyl sites for hydroxylation is 1. The Balaban J connectivity index is 2.05. The second-order valence-corrected chi connectivity index (χ2v) is 8.41. The Hall–Kier alpha value is -1.81. The number of methoxy groups -OCH3 is 1. The lowest BCUT2D eigenvalue weighted by molar-refractivity contribution is -0.148. The number of hydrogen-bond acceptors (Lipinski definition) is 4. The molecule has 0 amide bonds. The molecule has 1 N–H and O–H groups in total. The van der Waals surface area contributed by atoms with Gasteiger partial charge in [0.15, 0.2) is 0 Å². The highest BCUT2D eigenvalue weighted by molar-refractivity contribution is 5.84. The quantitative estimate of drug-likeness (QED) is 0.829. The minimum absolute atomic E-state index is 0.0154. The summed E-state index contributed by atoms with van der Waals surface area (Å²) in [5.41, 5.74) is 4.21. The van der Waals surface area contributed by atoms with Crippen molar-refractivity contribution in [2.75, 3.05) is 7.11 Å². The van der Waals surface area contributed by atoms with Gasteiger partial charge in [-0.1, -0.05) is 32.4 Å². The molecule has 142 valence electrons. The Labute approximate surface area is 156 Å². The molecule has 0 spiro atoms. The van der Waals surface area contributed by atoms with Crippen LogP contribution in [-0.2, 0) is 14.9 Å². The molecule has 1 aromatic carbocycles. The molecular weight excluding hydrogens is 328 g/mol. The largest absolute Gasteiger partial charge is 0.496 e. The normalized spacial score (nSPS) is 34.0. The van der Waals surface area contributed by atoms with Crippen LogP contribution in [0.4, 0.5) is 0 Å². The number of carbonyl (C=O) groups is 1. The van der Waals surface area contributed by atoms with E-state index in [0.29, 0.717) is 12.8 Å². The molecule has 1 aliphatic heterocycles. The maximum atomic E-state index is 11.9. The van der Waals surface area contributed by atoms with Gasteiger partial charge in [0, 0.05) is 23.5 Å². The third-order valence-electron chi connectivity index (χ3n) is 6.39. The maximum absolute atomic E-state index is 11.9. The number of fused-ring (bicyclic) bond motifs is 1. The first kappa shape index (κ1) is 19.0. The van der Waals surface area contributed by atoms with Gasteiger partial charge in [-0.25, -0.2) is 4.79 Å². The fraction of sp³-hybridized carbons (Fsp3) is 0.591. The topological polar surface area (TPSA) is 55.8 Å². The molecule has 1 heterocycles. The Kier molecular flexibility index (Phi) is 4.91. The maximum Gasteiger partial charge on any atom is 0.330 e. The average Bonchev–Trinajstić information content (AvgIpc) is 2.56. The number of aliphatic hydroxyl groups is 1. The summed E-state index contributed by atoms with van der Waals surface area (Å²) in [5, 5.41) is 10.8. The van der Waals surface area contributed by atoms with Crippen LogP contribution in [0, 0.1) is 12.8 Å². The minimum Gasteiger partial charge on any atom is -0.496 e. The van der Waals surface area contributed by atoms with Gasteiger partial charge in [-0.2, -0.15) is 0 Å². The summed E-state index contributed by atoms with van der Waals surface area (Å²) in [7, 11) is 1.68. The van der Waals surface area contributed by atoms with Crippen LogP contribution in [0.1, 0.15) is 63.1 Å². The van der Waals surface area contributed by atoms with Gasteiger partial charge in [-0.15, -0.1) is 0 Å². The van der Waals surface area contributed by atoms with Crippen LogP contribution in [0.2, 0.25) is 0 Å². The lowest BCUT2D eigenvalue weighted by Gasteiger charge is -2.45. The van der Waals surface area contributed by atoms with Crippen LogP contribution in [0.3, 0.4) is 0 Å². The fourth-order valence-electron chi connectivity index (χ4n) is 4.59. The van der Waals surface area contributed by atoms with Crippen molar-refractivity contribution < 1.29 is 19.4 Å². The predicted molar refractivity (Wildman–Crippen MR) is 102 cm³/mol. The summed E-state index contributed by atoms with van der Waals surface area (Å²) in [6.45, 7) is 10.4. The molecule has 1 aliphatic carbocycles. The first-order valence-corrected chi connectivity index (χ1v) is 9.42. The van der Waals surface area contributed by atoms with Crippen molar-refractivity contribution in [3.8, 4) is 5.75 Å². The van der Waals surface area contributed by atoms with E-state index < -0.39 is 6.10 Å². The number of cyclic esters (lactones) is 1. The monoisotopic (exact) mass is 358 g/mol. The van der Waals surface area contributed by atoms with E-state index in [-0.39, 0.29) is 29.3 Å². The second-order valence-electron chi connectivity index (χ2n) is 8.41. The van der Waals surface area contributed by atoms with Crippen molar-refractivity contribution in [1.82, 2.24) is 0 Å². The van der Waals surface area contributed by atoms with Crippen molar-refractivity contribution in [2.45, 2.75) is 71.0 Å². The molecule has 0 saturated carbocycles. The highest BCUT2D eigenvalue weighted by Crippen LogP contribution is 2.50. The smallest absolute Gasteiger partial charge is 0.330 e. The fourth-order valence-corrected chi connectivity index (χ4v) is 4.59. The van der Waals surface area contributed by atoms with Crippen LogP contribution in [0.25, 0.3) is 0 Å². The van der Waals surface area contributed by atoms with Crippen LogP contribution >= 0.6 is 0 Å². The molecule has 4 nitrogen and oxygen atoms in total. The summed E-state index contributed by atoms with van der Waals surface area (Å²) >= 11 is 0. The number of benzene rings is 1. The van der Waals surface area contributed by atoms with Gasteiger partial charge in [-0.3, -0.25) is 0 Å². The second kappa shape index (κ2) is 6.73. The highest BCUT2D eigenvalue weighted by Gasteiger charge is 2.44. The Bertz CT molecular complexity index is 751. The molecule has 0 radical (unpaired) electrons. The number of aliphatic hydroxyl groups excluding tert-OH is 1. The third kappa shape index (κ3) is 3.16. The number of esters is 1. The van der Waals surface area contributed by atoms with Gasteiger partial charge in [0.25, 0.3) is 0 Å². The molecule has 4 heteroatoms. The summed E-state index contributed by atoms with van der Waals surface area (Å²) in [6, 6.07) is 4.24. The van der Waals surface area contributed by atoms with Crippen molar-refractivity contribution in [3.63, 3.8) is 0 Å². The molecule has 26 heavy (non-hydrogen) atoms. The van der Waals surface area contributed by atoms with Gasteiger partial charge >= 0.3 is 5.97 Å². The molecule has 3 rings (SSSR count). The van der Waals surface area contributed by atoms with E-state index in [0.717, 1.165) is 22.4 Å². The van der Waals surface area contributed by atoms with E-state index >= 15 is 0 Å². The van der Waals surface area contributed by atoms with Gasteiger partial charge in [-0.05, 0) is 49.3 Å². The van der Waals surface area contributed by atoms with Crippen molar-refractivity contribution in [1.29, 1.82) is 0 Å². The summed E-state index contributed by atoms with van der Waals surface area (Å²) < 4.78 is 11.3. The molecule has 1 aromatic rings. The van der Waals surface area contributed by atoms with Crippen molar-refractivity contribution >= 4 is 5.97 Å². The standard InChI is InChI=1S/C22H30O4/c1-12-7-16-21(18(8-12)25-6)15(4)17(23)10-22(16,5)11-19-14(3)13(2)9-20(24)26-19/h7-9,14-15,17,19,23H,10-11H2,1-6H3/t14-,15-,17?,19+,22?/m0/s1. The van der Waals surface area contributed by atoms with Crippen LogP contribution < -0.4 is 4.74 Å². The van der Waals surface area contributed by atoms with E-state index in [4.69, 9.17) is 9.47 Å². The molecular formula is C22H30O4. The molecule has 2 unspecified atom stereocenters. The first-order chi connectivity index (χ1) is 12.2. The molecule has 0 bridgehead atoms. The summed E-state index contributed by atoms with van der Waals surface area (Å²) in [4.78, 5) is 11.9. The van der Waals surface area contributed by atoms with Gasteiger partial charge in [0.2, 0.25) is 0 Å². The average molecular weight is 358 g/mol. The highest BCUT2D eigenvalue weighted by atomic mass is 16.5. The van der Waals surface area contributed by atoms with Crippen LogP contribution in [0.5, 0.6) is 5.75 Å². The van der Waals surface area contributed by atoms with E-state index in [2.05, 4.69) is 33.8 Å². The SMILES string of the molecule is COc1cc(C)cc2c1[C@@H](C)C(O)CC2(C)C[C@H]1OC(=O)C=C(C)[C@@H]1C. The van der Waals surface area contributed by atoms with Gasteiger partial charge in [0.05, 0.1) is 13.2 Å². The van der Waals surface area contributed by atoms with Crippen LogP contribution in [-0.4, -0.2) is 30.4 Å². The lowest BCUT2D eigenvalue weighted by atomic mass is 9.63. The molecule has 0 fully saturated rings. The number of hydrogen-bond donors (Lipinski definition) is 1. The van der Waals surface area contributed by atoms with Crippen molar-refractivity contribution in [3.05, 3.63) is 40.5 Å². The van der Waals surface area contributed by atoms with Gasteiger partial charge < -0.3 is 14.6 Å². The zero-order valence-corrected chi connectivity index (χ0v) is 16.6. The molecule has 0 aromatic heterocycles. The Morgan fingerprint density at radius 2 is 1.96 bits per heavy atom. The van der Waals surface area contributed by atoms with Crippen LogP contribution in [0.15, 0.2) is 23.8 Å². The molecule has 0 saturated heterocycles. The molecule has 5 atom stereocenters. The Morgan fingerprint density at radius 3 is 2.62 bits per heavy atom. The number of rotatable bonds is 3. The summed E-state index contributed by atoms with van der Waals surface area (Å²) in [6.07, 6.45) is 2.29. The van der Waals surface area contributed by atoms with E-state index in [9.17, 15) is 9.90 Å². The zero-order valence-electron chi connectivity index (χ0n) is 16.6. The first-order valence-electron chi connectivity index (χ1n) is 9.42. The minimum atomic E-state index is -0.449. The Morgan fingerprint density at radius 1 is 1.27 bits per heavy atom. The van der Waals surface area contributed by atoms with E-state index in [1.165, 1.54) is 5.56 Å². The predicted octanol–water partition coefficient (Wildman–Crippen LogP) is 4.03. The molecule has 2 aliphatic rings. The number of ether oxygens (including phenoxy) is 2. The van der Waals surface area contributed by atoms with E-state index in [1.807, 2.05) is 13.0 Å². The number of carbonyl (C=O) groups excluding carboxylic acids is 1. The zero-order chi connectivity index (χ0) is 19.2. The summed E-state index contributed by atoms with van der Waals surface area (Å²) in [5.74, 6) is 0.765. The van der Waals surface area contributed by atoms with Gasteiger partial charge in [0.1, 0.15) is 11.9 Å². The van der Waals surface area contributed by atoms with Crippen molar-refractivity contribution in [2.24, 2.45) is 5.92 Å². The van der Waals surface area contributed by atoms with E-state index in [1.54, 1.807) is 13.2 Å². The third-order valence-corrected chi connectivity index (χ3v) is 6.39. The lowest BCUT2D eigenvalue weighted by Crippen LogP contribution is -2.43.